The van der Waals surface area contributed by atoms with Crippen LogP contribution in [0.4, 0.5) is 5.13 Å². The van der Waals surface area contributed by atoms with Gasteiger partial charge in [0.05, 0.1) is 10.6 Å². The van der Waals surface area contributed by atoms with Crippen LogP contribution in [0, 0.1) is 0 Å². The maximum atomic E-state index is 12.9. The second-order valence-electron chi connectivity index (χ2n) is 6.67. The first-order chi connectivity index (χ1) is 14.2. The Morgan fingerprint density at radius 2 is 1.33 bits per heavy atom. The summed E-state index contributed by atoms with van der Waals surface area (Å²) in [6, 6.07) is 9.64. The Morgan fingerprint density at radius 3 is 1.90 bits per heavy atom. The first kappa shape index (κ1) is 22.1. The number of piperazine rings is 1. The third kappa shape index (κ3) is 4.72. The minimum absolute atomic E-state index is 0.0998. The van der Waals surface area contributed by atoms with Gasteiger partial charge in [-0.15, -0.1) is 11.3 Å². The number of nitrogens with zero attached hydrogens (tertiary/aromatic N) is 3. The van der Waals surface area contributed by atoms with E-state index in [0.717, 1.165) is 16.4 Å². The van der Waals surface area contributed by atoms with E-state index in [-0.39, 0.29) is 14.9 Å². The van der Waals surface area contributed by atoms with Crippen LogP contribution in [0.5, 0.6) is 0 Å². The lowest BCUT2D eigenvalue weighted by atomic mass is 10.2. The number of aromatic nitrogens is 1. The molecule has 0 radical (unpaired) electrons. The first-order valence-electron chi connectivity index (χ1n) is 8.85. The Kier molecular flexibility index (Phi) is 6.51. The number of rotatable bonds is 4. The molecule has 1 aliphatic heterocycles. The van der Waals surface area contributed by atoms with Crippen molar-refractivity contribution in [1.82, 2.24) is 9.29 Å². The second kappa shape index (κ2) is 8.82. The molecule has 158 valence electrons. The van der Waals surface area contributed by atoms with Crippen molar-refractivity contribution in [3.63, 3.8) is 0 Å². The second-order valence-corrected chi connectivity index (χ2v) is 11.2. The quantitative estimate of drug-likeness (QED) is 0.425. The van der Waals surface area contributed by atoms with Crippen LogP contribution in [0.3, 0.4) is 0 Å². The van der Waals surface area contributed by atoms with Gasteiger partial charge in [0, 0.05) is 57.2 Å². The fourth-order valence-corrected chi connectivity index (χ4v) is 6.75. The molecule has 5 nitrogen and oxygen atoms in total. The monoisotopic (exact) mass is 521 g/mol. The summed E-state index contributed by atoms with van der Waals surface area (Å²) in [6.07, 6.45) is 0. The third-order valence-corrected chi connectivity index (χ3v) is 8.28. The molecule has 2 heterocycles. The zero-order valence-corrected chi connectivity index (χ0v) is 20.0. The molecule has 0 N–H and O–H groups in total. The zero-order valence-electron chi connectivity index (χ0n) is 15.4. The van der Waals surface area contributed by atoms with E-state index in [2.05, 4.69) is 9.88 Å². The molecule has 1 fully saturated rings. The van der Waals surface area contributed by atoms with Crippen LogP contribution >= 0.6 is 57.7 Å². The van der Waals surface area contributed by atoms with E-state index in [1.54, 1.807) is 6.07 Å². The summed E-state index contributed by atoms with van der Waals surface area (Å²) in [5, 5.41) is 4.43. The van der Waals surface area contributed by atoms with Gasteiger partial charge in [-0.1, -0.05) is 46.4 Å². The molecule has 0 bridgehead atoms. The van der Waals surface area contributed by atoms with Crippen LogP contribution in [0.25, 0.3) is 11.3 Å². The van der Waals surface area contributed by atoms with Crippen LogP contribution in [0.15, 0.2) is 46.7 Å². The molecule has 0 saturated carbocycles. The lowest BCUT2D eigenvalue weighted by Gasteiger charge is -2.33. The predicted octanol–water partition coefficient (Wildman–Crippen LogP) is 5.93. The van der Waals surface area contributed by atoms with E-state index in [9.17, 15) is 8.42 Å². The van der Waals surface area contributed by atoms with Gasteiger partial charge in [0.25, 0.3) is 0 Å². The van der Waals surface area contributed by atoms with E-state index >= 15 is 0 Å². The minimum atomic E-state index is -3.67. The van der Waals surface area contributed by atoms with Crippen molar-refractivity contribution in [2.75, 3.05) is 31.1 Å². The van der Waals surface area contributed by atoms with E-state index < -0.39 is 10.0 Å². The molecule has 0 amide bonds. The molecule has 11 heteroatoms. The molecular formula is C19H15Cl4N3O2S2. The Bertz CT molecular complexity index is 1150. The van der Waals surface area contributed by atoms with Gasteiger partial charge >= 0.3 is 0 Å². The Balaban J connectivity index is 1.48. The highest BCUT2D eigenvalue weighted by atomic mass is 35.5. The maximum absolute atomic E-state index is 12.9. The number of sulfonamides is 1. The SMILES string of the molecule is O=S(=O)(c1cc(Cl)cc(Cl)c1)N1CCN(c2nc(-c3cc(Cl)cc(Cl)c3)cs2)CC1. The van der Waals surface area contributed by atoms with E-state index in [1.807, 2.05) is 17.5 Å². The normalized spacial score (nSPS) is 15.5. The van der Waals surface area contributed by atoms with Gasteiger partial charge in [-0.2, -0.15) is 4.31 Å². The highest BCUT2D eigenvalue weighted by Crippen LogP contribution is 2.32. The van der Waals surface area contributed by atoms with Crippen molar-refractivity contribution in [3.8, 4) is 11.3 Å². The lowest BCUT2D eigenvalue weighted by molar-refractivity contribution is 0.385. The summed E-state index contributed by atoms with van der Waals surface area (Å²) in [7, 11) is -3.67. The topological polar surface area (TPSA) is 53.5 Å². The average Bonchev–Trinajstić information content (AvgIpc) is 3.17. The van der Waals surface area contributed by atoms with Gasteiger partial charge in [-0.05, 0) is 36.4 Å². The molecule has 0 unspecified atom stereocenters. The van der Waals surface area contributed by atoms with Crippen molar-refractivity contribution in [2.45, 2.75) is 4.90 Å². The molecule has 1 saturated heterocycles. The Hall–Kier alpha value is -1.06. The van der Waals surface area contributed by atoms with Crippen molar-refractivity contribution in [2.24, 2.45) is 0 Å². The standard InChI is InChI=1S/C19H15Cl4N3O2S2/c20-13-5-12(6-14(21)7-13)18-11-29-19(24-18)25-1-3-26(4-2-25)30(27,28)17-9-15(22)8-16(23)10-17/h5-11H,1-4H2. The number of benzene rings is 2. The Labute approximate surface area is 198 Å². The molecule has 3 aromatic rings. The fourth-order valence-electron chi connectivity index (χ4n) is 3.19. The van der Waals surface area contributed by atoms with Gasteiger partial charge in [0.2, 0.25) is 10.0 Å². The third-order valence-electron chi connectivity index (χ3n) is 4.63. The van der Waals surface area contributed by atoms with Gasteiger partial charge in [-0.3, -0.25) is 0 Å². The van der Waals surface area contributed by atoms with Crippen molar-refractivity contribution in [3.05, 3.63) is 61.9 Å². The molecule has 1 aromatic heterocycles. The predicted molar refractivity (Wildman–Crippen MR) is 125 cm³/mol. The smallest absolute Gasteiger partial charge is 0.243 e. The van der Waals surface area contributed by atoms with Crippen LogP contribution in [-0.4, -0.2) is 43.9 Å². The fraction of sp³-hybridized carbons (Fsp3) is 0.211. The molecule has 2 aromatic carbocycles. The van der Waals surface area contributed by atoms with E-state index in [1.165, 1.54) is 33.8 Å². The van der Waals surface area contributed by atoms with E-state index in [4.69, 9.17) is 46.4 Å². The Morgan fingerprint density at radius 1 is 0.800 bits per heavy atom. The van der Waals surface area contributed by atoms with Gasteiger partial charge in [0.1, 0.15) is 0 Å². The van der Waals surface area contributed by atoms with Crippen LogP contribution in [0.1, 0.15) is 0 Å². The minimum Gasteiger partial charge on any atom is -0.345 e. The van der Waals surface area contributed by atoms with Gasteiger partial charge in [-0.25, -0.2) is 13.4 Å². The number of thiazole rings is 1. The highest BCUT2D eigenvalue weighted by Gasteiger charge is 2.30. The van der Waals surface area contributed by atoms with Crippen molar-refractivity contribution in [1.29, 1.82) is 0 Å². The zero-order chi connectivity index (χ0) is 21.5. The molecule has 1 aliphatic rings. The number of hydrogen-bond donors (Lipinski definition) is 0. The largest absolute Gasteiger partial charge is 0.345 e. The maximum Gasteiger partial charge on any atom is 0.243 e. The molecule has 0 aliphatic carbocycles. The molecule has 0 atom stereocenters. The summed E-state index contributed by atoms with van der Waals surface area (Å²) >= 11 is 25.6. The number of anilines is 1. The van der Waals surface area contributed by atoms with Gasteiger partial charge < -0.3 is 4.90 Å². The molecular weight excluding hydrogens is 508 g/mol. The summed E-state index contributed by atoms with van der Waals surface area (Å²) in [5.74, 6) is 0. The summed E-state index contributed by atoms with van der Waals surface area (Å²) < 4.78 is 27.3. The summed E-state index contributed by atoms with van der Waals surface area (Å²) in [5.41, 5.74) is 1.62. The van der Waals surface area contributed by atoms with Crippen LogP contribution in [0.2, 0.25) is 20.1 Å². The van der Waals surface area contributed by atoms with Crippen molar-refractivity contribution >= 4 is 72.9 Å². The summed E-state index contributed by atoms with van der Waals surface area (Å²) in [4.78, 5) is 6.85. The molecule has 30 heavy (non-hydrogen) atoms. The summed E-state index contributed by atoms with van der Waals surface area (Å²) in [6.45, 7) is 1.72. The first-order valence-corrected chi connectivity index (χ1v) is 12.7. The van der Waals surface area contributed by atoms with E-state index in [0.29, 0.717) is 36.2 Å². The number of halogens is 4. The molecule has 0 spiro atoms. The van der Waals surface area contributed by atoms with Crippen molar-refractivity contribution < 1.29 is 8.42 Å². The average molecular weight is 523 g/mol. The van der Waals surface area contributed by atoms with Crippen LogP contribution < -0.4 is 4.90 Å². The highest BCUT2D eigenvalue weighted by molar-refractivity contribution is 7.89. The van der Waals surface area contributed by atoms with Gasteiger partial charge in [0.15, 0.2) is 5.13 Å². The van der Waals surface area contributed by atoms with Crippen LogP contribution in [-0.2, 0) is 10.0 Å². The number of hydrogen-bond acceptors (Lipinski definition) is 5. The molecule has 4 rings (SSSR count). The lowest BCUT2D eigenvalue weighted by Crippen LogP contribution is -2.48.